The van der Waals surface area contributed by atoms with Crippen LogP contribution in [0.3, 0.4) is 0 Å². The third-order valence-electron chi connectivity index (χ3n) is 6.48. The van der Waals surface area contributed by atoms with Gasteiger partial charge in [-0.25, -0.2) is 9.59 Å². The number of alkyl carbamates (subject to hydrolysis) is 1. The Morgan fingerprint density at radius 1 is 1.05 bits per heavy atom. The second-order valence-electron chi connectivity index (χ2n) is 10.9. The number of aromatic hydroxyl groups is 1. The molecule has 10 heteroatoms. The number of nitrogens with one attached hydrogen (secondary N) is 1. The number of methoxy groups -OCH3 is 1. The van der Waals surface area contributed by atoms with Crippen LogP contribution in [0.15, 0.2) is 36.4 Å². The normalized spacial score (nSPS) is 12.7. The quantitative estimate of drug-likeness (QED) is 0.359. The van der Waals surface area contributed by atoms with E-state index in [1.54, 1.807) is 64.1 Å². The lowest BCUT2D eigenvalue weighted by Crippen LogP contribution is -2.55. The summed E-state index contributed by atoms with van der Waals surface area (Å²) in [7, 11) is 1.32. The van der Waals surface area contributed by atoms with E-state index in [2.05, 4.69) is 5.32 Å². The SMILES string of the molecule is COC(=O)c1ccc(CCCN(C(=O)C(Cc2c(C)cc(O)cc2C)NC(=O)OC(C)(C)C)[C@H](C)C(N)=O)cc1. The van der Waals surface area contributed by atoms with Crippen LogP contribution in [-0.4, -0.2) is 65.2 Å². The Labute approximate surface area is 235 Å². The number of amides is 3. The molecule has 2 aromatic carbocycles. The molecule has 2 rings (SSSR count). The van der Waals surface area contributed by atoms with Crippen molar-refractivity contribution in [3.8, 4) is 5.75 Å². The van der Waals surface area contributed by atoms with Gasteiger partial charge in [-0.1, -0.05) is 12.1 Å². The molecule has 0 aliphatic heterocycles. The fourth-order valence-corrected chi connectivity index (χ4v) is 4.37. The van der Waals surface area contributed by atoms with Crippen molar-refractivity contribution in [3.63, 3.8) is 0 Å². The van der Waals surface area contributed by atoms with E-state index < -0.39 is 41.6 Å². The van der Waals surface area contributed by atoms with Crippen LogP contribution in [0.25, 0.3) is 0 Å². The standard InChI is InChI=1S/C30H41N3O7/c1-18-15-23(34)16-19(2)24(18)17-25(32-29(38)40-30(4,5)6)27(36)33(20(3)26(31)35)14-8-9-21-10-12-22(13-11-21)28(37)39-7/h10-13,15-16,20,25,34H,8-9,14,17H2,1-7H3,(H2,31,35)(H,32,38)/t20-,25?/m1/s1. The molecule has 0 heterocycles. The van der Waals surface area contributed by atoms with Crippen LogP contribution in [0, 0.1) is 13.8 Å². The zero-order valence-electron chi connectivity index (χ0n) is 24.4. The van der Waals surface area contributed by atoms with Gasteiger partial charge in [0.05, 0.1) is 12.7 Å². The minimum atomic E-state index is -1.06. The van der Waals surface area contributed by atoms with Crippen molar-refractivity contribution in [1.29, 1.82) is 0 Å². The van der Waals surface area contributed by atoms with Crippen molar-refractivity contribution >= 4 is 23.9 Å². The molecule has 2 aromatic rings. The highest BCUT2D eigenvalue weighted by atomic mass is 16.6. The Morgan fingerprint density at radius 3 is 2.12 bits per heavy atom. The largest absolute Gasteiger partial charge is 0.508 e. The lowest BCUT2D eigenvalue weighted by molar-refractivity contribution is -0.140. The van der Waals surface area contributed by atoms with Crippen LogP contribution in [0.1, 0.15) is 66.7 Å². The summed E-state index contributed by atoms with van der Waals surface area (Å²) in [6.45, 7) is 10.5. The average Bonchev–Trinajstić information content (AvgIpc) is 2.86. The van der Waals surface area contributed by atoms with Gasteiger partial charge in [-0.15, -0.1) is 0 Å². The number of primary amides is 1. The van der Waals surface area contributed by atoms with Crippen molar-refractivity contribution in [2.75, 3.05) is 13.7 Å². The van der Waals surface area contributed by atoms with Gasteiger partial charge in [0, 0.05) is 13.0 Å². The molecule has 40 heavy (non-hydrogen) atoms. The maximum absolute atomic E-state index is 13.9. The molecule has 0 aromatic heterocycles. The molecule has 10 nitrogen and oxygen atoms in total. The minimum absolute atomic E-state index is 0.102. The van der Waals surface area contributed by atoms with E-state index in [1.165, 1.54) is 12.0 Å². The van der Waals surface area contributed by atoms with Crippen molar-refractivity contribution in [3.05, 3.63) is 64.2 Å². The molecule has 0 aliphatic rings. The van der Waals surface area contributed by atoms with Gasteiger partial charge in [0.15, 0.2) is 0 Å². The first-order valence-corrected chi connectivity index (χ1v) is 13.2. The minimum Gasteiger partial charge on any atom is -0.508 e. The van der Waals surface area contributed by atoms with E-state index in [9.17, 15) is 24.3 Å². The van der Waals surface area contributed by atoms with E-state index in [1.807, 2.05) is 13.8 Å². The van der Waals surface area contributed by atoms with Gasteiger partial charge in [0.1, 0.15) is 23.4 Å². The molecule has 0 fully saturated rings. The van der Waals surface area contributed by atoms with Crippen molar-refractivity contribution < 1.29 is 33.8 Å². The summed E-state index contributed by atoms with van der Waals surface area (Å²) in [5, 5.41) is 12.6. The van der Waals surface area contributed by atoms with Gasteiger partial charge in [0.2, 0.25) is 11.8 Å². The monoisotopic (exact) mass is 555 g/mol. The van der Waals surface area contributed by atoms with E-state index in [-0.39, 0.29) is 18.7 Å². The molecule has 0 bridgehead atoms. The number of esters is 1. The number of nitrogens with two attached hydrogens (primary N) is 1. The van der Waals surface area contributed by atoms with Crippen LogP contribution in [0.4, 0.5) is 4.79 Å². The summed E-state index contributed by atoms with van der Waals surface area (Å²) in [6, 6.07) is 8.13. The average molecular weight is 556 g/mol. The summed E-state index contributed by atoms with van der Waals surface area (Å²) < 4.78 is 10.1. The third kappa shape index (κ3) is 9.29. The van der Waals surface area contributed by atoms with Crippen LogP contribution < -0.4 is 11.1 Å². The summed E-state index contributed by atoms with van der Waals surface area (Å²) in [5.74, 6) is -1.49. The second-order valence-corrected chi connectivity index (χ2v) is 10.9. The van der Waals surface area contributed by atoms with E-state index >= 15 is 0 Å². The summed E-state index contributed by atoms with van der Waals surface area (Å²) >= 11 is 0. The highest BCUT2D eigenvalue weighted by Crippen LogP contribution is 2.23. The van der Waals surface area contributed by atoms with Crippen molar-refractivity contribution in [2.45, 2.75) is 78.5 Å². The molecule has 0 radical (unpaired) electrons. The van der Waals surface area contributed by atoms with Crippen LogP contribution in [0.2, 0.25) is 0 Å². The number of aryl methyl sites for hydroxylation is 3. The molecule has 218 valence electrons. The second kappa shape index (κ2) is 13.8. The lowest BCUT2D eigenvalue weighted by atomic mass is 9.95. The van der Waals surface area contributed by atoms with E-state index in [4.69, 9.17) is 15.2 Å². The van der Waals surface area contributed by atoms with Crippen molar-refractivity contribution in [1.82, 2.24) is 10.2 Å². The molecule has 4 N–H and O–H groups in total. The zero-order chi connectivity index (χ0) is 30.2. The van der Waals surface area contributed by atoms with Gasteiger partial charge < -0.3 is 30.5 Å². The highest BCUT2D eigenvalue weighted by Gasteiger charge is 2.33. The molecule has 2 atom stereocenters. The number of ether oxygens (including phenoxy) is 2. The van der Waals surface area contributed by atoms with Crippen LogP contribution >= 0.6 is 0 Å². The number of phenols is 1. The predicted octanol–water partition coefficient (Wildman–Crippen LogP) is 3.57. The first kappa shape index (κ1) is 32.1. The fraction of sp³-hybridized carbons (Fsp3) is 0.467. The first-order chi connectivity index (χ1) is 18.6. The summed E-state index contributed by atoms with van der Waals surface area (Å²) in [5.41, 5.74) is 8.48. The highest BCUT2D eigenvalue weighted by molar-refractivity contribution is 5.91. The Bertz CT molecular complexity index is 1200. The topological polar surface area (TPSA) is 148 Å². The molecular formula is C30H41N3O7. The molecule has 0 aliphatic carbocycles. The molecule has 3 amide bonds. The van der Waals surface area contributed by atoms with Gasteiger partial charge in [-0.05, 0) is 101 Å². The summed E-state index contributed by atoms with van der Waals surface area (Å²) in [6.07, 6.45) is 0.416. The Balaban J connectivity index is 2.31. The number of hydrogen-bond acceptors (Lipinski definition) is 7. The Morgan fingerprint density at radius 2 is 1.62 bits per heavy atom. The van der Waals surface area contributed by atoms with Gasteiger partial charge in [0.25, 0.3) is 0 Å². The number of nitrogens with zero attached hydrogens (tertiary/aromatic N) is 1. The Kier molecular flexibility index (Phi) is 11.1. The van der Waals surface area contributed by atoms with Crippen molar-refractivity contribution in [2.24, 2.45) is 5.73 Å². The molecule has 0 spiro atoms. The maximum atomic E-state index is 13.9. The van der Waals surface area contributed by atoms with Crippen LogP contribution in [-0.2, 0) is 31.9 Å². The first-order valence-electron chi connectivity index (χ1n) is 13.2. The van der Waals surface area contributed by atoms with Gasteiger partial charge in [-0.2, -0.15) is 0 Å². The molecule has 1 unspecified atom stereocenters. The fourth-order valence-electron chi connectivity index (χ4n) is 4.37. The smallest absolute Gasteiger partial charge is 0.408 e. The van der Waals surface area contributed by atoms with E-state index in [0.717, 1.165) is 22.3 Å². The van der Waals surface area contributed by atoms with Gasteiger partial charge >= 0.3 is 12.1 Å². The van der Waals surface area contributed by atoms with E-state index in [0.29, 0.717) is 18.4 Å². The number of rotatable bonds is 11. The number of carbonyl (C=O) groups is 4. The lowest BCUT2D eigenvalue weighted by Gasteiger charge is -2.32. The summed E-state index contributed by atoms with van der Waals surface area (Å²) in [4.78, 5) is 51.9. The molecular weight excluding hydrogens is 514 g/mol. The number of carbonyl (C=O) groups excluding carboxylic acids is 4. The van der Waals surface area contributed by atoms with Crippen LogP contribution in [0.5, 0.6) is 5.75 Å². The number of phenolic OH excluding ortho intramolecular Hbond substituents is 1. The van der Waals surface area contributed by atoms with Gasteiger partial charge in [-0.3, -0.25) is 9.59 Å². The number of hydrogen-bond donors (Lipinski definition) is 3. The zero-order valence-corrected chi connectivity index (χ0v) is 24.4. The molecule has 0 saturated carbocycles. The Hall–Kier alpha value is -4.08. The number of benzene rings is 2. The maximum Gasteiger partial charge on any atom is 0.408 e. The third-order valence-corrected chi connectivity index (χ3v) is 6.48. The predicted molar refractivity (Wildman–Crippen MR) is 151 cm³/mol. The molecule has 0 saturated heterocycles.